The summed E-state index contributed by atoms with van der Waals surface area (Å²) in [4.78, 5) is 49.6. The van der Waals surface area contributed by atoms with E-state index in [0.717, 1.165) is 18.5 Å². The van der Waals surface area contributed by atoms with Crippen molar-refractivity contribution in [2.75, 3.05) is 26.8 Å². The van der Waals surface area contributed by atoms with Crippen molar-refractivity contribution in [2.45, 2.75) is 38.3 Å². The Labute approximate surface area is 172 Å². The number of aromatic nitrogens is 2. The van der Waals surface area contributed by atoms with Crippen molar-refractivity contribution in [3.63, 3.8) is 0 Å². The minimum atomic E-state index is -0.218. The zero-order valence-electron chi connectivity index (χ0n) is 16.3. The van der Waals surface area contributed by atoms with E-state index in [1.165, 1.54) is 11.3 Å². The van der Waals surface area contributed by atoms with Gasteiger partial charge in [-0.25, -0.2) is 4.98 Å². The van der Waals surface area contributed by atoms with Crippen molar-refractivity contribution >= 4 is 23.2 Å². The van der Waals surface area contributed by atoms with Crippen LogP contribution in [0, 0.1) is 0 Å². The SMILES string of the molecule is COCCC(=O)N1CCC[C@H]1c1nc2c(c(=O)[nH]1)CN(C(=O)c1cccs1)CC2. The number of carbonyl (C=O) groups is 2. The highest BCUT2D eigenvalue weighted by atomic mass is 32.1. The third-order valence-electron chi connectivity index (χ3n) is 5.51. The smallest absolute Gasteiger partial charge is 0.264 e. The highest BCUT2D eigenvalue weighted by Gasteiger charge is 2.33. The Bertz CT molecular complexity index is 956. The van der Waals surface area contributed by atoms with Gasteiger partial charge in [0.1, 0.15) is 5.82 Å². The van der Waals surface area contributed by atoms with Crippen LogP contribution in [0.25, 0.3) is 0 Å². The van der Waals surface area contributed by atoms with E-state index in [1.807, 2.05) is 11.4 Å². The standard InChI is InChI=1S/C20H24N4O4S/c1-28-10-7-17(25)24-8-2-4-15(24)18-21-14-6-9-23(12-13(14)19(26)22-18)20(27)16-5-3-11-29-16/h3,5,11,15H,2,4,6-10,12H2,1H3,(H,21,22,26)/t15-/m0/s1. The van der Waals surface area contributed by atoms with E-state index >= 15 is 0 Å². The van der Waals surface area contributed by atoms with Crippen LogP contribution in [0.2, 0.25) is 0 Å². The maximum atomic E-state index is 12.8. The molecule has 154 valence electrons. The van der Waals surface area contributed by atoms with Crippen LogP contribution < -0.4 is 5.56 Å². The molecule has 0 radical (unpaired) electrons. The van der Waals surface area contributed by atoms with Gasteiger partial charge in [0.25, 0.3) is 11.5 Å². The monoisotopic (exact) mass is 416 g/mol. The summed E-state index contributed by atoms with van der Waals surface area (Å²) in [7, 11) is 1.57. The first-order chi connectivity index (χ1) is 14.1. The summed E-state index contributed by atoms with van der Waals surface area (Å²) in [5.41, 5.74) is 1.06. The van der Waals surface area contributed by atoms with E-state index in [4.69, 9.17) is 9.72 Å². The first-order valence-corrected chi connectivity index (χ1v) is 10.7. The highest BCUT2D eigenvalue weighted by molar-refractivity contribution is 7.12. The number of carbonyl (C=O) groups excluding carboxylic acids is 2. The Morgan fingerprint density at radius 1 is 1.38 bits per heavy atom. The van der Waals surface area contributed by atoms with Crippen LogP contribution in [0.15, 0.2) is 22.3 Å². The molecule has 0 spiro atoms. The van der Waals surface area contributed by atoms with Gasteiger partial charge in [0.2, 0.25) is 5.91 Å². The molecule has 2 aromatic rings. The summed E-state index contributed by atoms with van der Waals surface area (Å²) >= 11 is 1.40. The molecule has 0 aliphatic carbocycles. The molecule has 0 saturated carbocycles. The lowest BCUT2D eigenvalue weighted by molar-refractivity contribution is -0.133. The number of rotatable bonds is 5. The second-order valence-corrected chi connectivity index (χ2v) is 8.27. The number of hydrogen-bond donors (Lipinski definition) is 1. The Kier molecular flexibility index (Phi) is 5.77. The molecule has 1 fully saturated rings. The van der Waals surface area contributed by atoms with Gasteiger partial charge in [-0.05, 0) is 24.3 Å². The zero-order chi connectivity index (χ0) is 20.4. The first-order valence-electron chi connectivity index (χ1n) is 9.81. The summed E-state index contributed by atoms with van der Waals surface area (Å²) < 4.78 is 5.01. The number of fused-ring (bicyclic) bond motifs is 1. The fourth-order valence-corrected chi connectivity index (χ4v) is 4.70. The normalized spacial score (nSPS) is 18.7. The summed E-state index contributed by atoms with van der Waals surface area (Å²) in [5, 5.41) is 1.87. The fraction of sp³-hybridized carbons (Fsp3) is 0.500. The van der Waals surface area contributed by atoms with Crippen molar-refractivity contribution in [3.05, 3.63) is 49.8 Å². The minimum Gasteiger partial charge on any atom is -0.384 e. The van der Waals surface area contributed by atoms with Crippen LogP contribution in [-0.4, -0.2) is 58.4 Å². The molecule has 2 aromatic heterocycles. The second-order valence-electron chi connectivity index (χ2n) is 7.32. The molecule has 0 aromatic carbocycles. The summed E-state index contributed by atoms with van der Waals surface area (Å²) in [6.45, 7) is 1.83. The lowest BCUT2D eigenvalue weighted by Crippen LogP contribution is -2.40. The minimum absolute atomic E-state index is 0.0161. The molecule has 1 saturated heterocycles. The number of aromatic amines is 1. The van der Waals surface area contributed by atoms with Gasteiger partial charge in [0.05, 0.1) is 41.7 Å². The zero-order valence-corrected chi connectivity index (χ0v) is 17.2. The Morgan fingerprint density at radius 3 is 3.00 bits per heavy atom. The molecule has 4 rings (SSSR count). The van der Waals surface area contributed by atoms with Crippen LogP contribution in [-0.2, 0) is 22.5 Å². The number of ether oxygens (including phenoxy) is 1. The highest BCUT2D eigenvalue weighted by Crippen LogP contribution is 2.30. The van der Waals surface area contributed by atoms with Crippen molar-refractivity contribution in [3.8, 4) is 0 Å². The van der Waals surface area contributed by atoms with E-state index in [2.05, 4.69) is 4.98 Å². The molecule has 2 amide bonds. The Balaban J connectivity index is 1.54. The van der Waals surface area contributed by atoms with Gasteiger partial charge in [0, 0.05) is 26.6 Å². The van der Waals surface area contributed by atoms with Crippen molar-refractivity contribution < 1.29 is 14.3 Å². The lowest BCUT2D eigenvalue weighted by Gasteiger charge is -2.29. The number of methoxy groups -OCH3 is 1. The van der Waals surface area contributed by atoms with Gasteiger partial charge < -0.3 is 19.5 Å². The molecular weight excluding hydrogens is 392 g/mol. The van der Waals surface area contributed by atoms with Crippen molar-refractivity contribution in [2.24, 2.45) is 0 Å². The van der Waals surface area contributed by atoms with Crippen LogP contribution in [0.3, 0.4) is 0 Å². The molecule has 0 unspecified atom stereocenters. The van der Waals surface area contributed by atoms with Crippen LogP contribution in [0.4, 0.5) is 0 Å². The number of H-pyrrole nitrogens is 1. The third kappa shape index (κ3) is 3.97. The van der Waals surface area contributed by atoms with E-state index in [1.54, 1.807) is 23.0 Å². The molecule has 1 atom stereocenters. The average Bonchev–Trinajstić information content (AvgIpc) is 3.43. The van der Waals surface area contributed by atoms with Gasteiger partial charge in [-0.3, -0.25) is 14.4 Å². The molecular formula is C20H24N4O4S. The van der Waals surface area contributed by atoms with Gasteiger partial charge in [0.15, 0.2) is 0 Å². The summed E-state index contributed by atoms with van der Waals surface area (Å²) in [6, 6.07) is 3.43. The molecule has 8 nitrogen and oxygen atoms in total. The number of amides is 2. The lowest BCUT2D eigenvalue weighted by atomic mass is 10.1. The molecule has 29 heavy (non-hydrogen) atoms. The van der Waals surface area contributed by atoms with E-state index in [9.17, 15) is 14.4 Å². The quantitative estimate of drug-likeness (QED) is 0.801. The predicted octanol–water partition coefficient (Wildman–Crippen LogP) is 1.73. The van der Waals surface area contributed by atoms with Gasteiger partial charge in [-0.1, -0.05) is 6.07 Å². The fourth-order valence-electron chi connectivity index (χ4n) is 4.01. The molecule has 9 heteroatoms. The van der Waals surface area contributed by atoms with E-state index in [-0.39, 0.29) is 30.0 Å². The van der Waals surface area contributed by atoms with Gasteiger partial charge >= 0.3 is 0 Å². The molecule has 4 heterocycles. The van der Waals surface area contributed by atoms with Crippen LogP contribution >= 0.6 is 11.3 Å². The van der Waals surface area contributed by atoms with Crippen molar-refractivity contribution in [1.29, 1.82) is 0 Å². The number of thiophene rings is 1. The van der Waals surface area contributed by atoms with E-state index in [0.29, 0.717) is 48.8 Å². The molecule has 2 aliphatic rings. The second kappa shape index (κ2) is 8.46. The largest absolute Gasteiger partial charge is 0.384 e. The number of nitrogens with one attached hydrogen (secondary N) is 1. The average molecular weight is 417 g/mol. The maximum Gasteiger partial charge on any atom is 0.264 e. The number of nitrogens with zero attached hydrogens (tertiary/aromatic N) is 3. The molecule has 2 aliphatic heterocycles. The van der Waals surface area contributed by atoms with Gasteiger partial charge in [-0.2, -0.15) is 0 Å². The van der Waals surface area contributed by atoms with Crippen molar-refractivity contribution in [1.82, 2.24) is 19.8 Å². The summed E-state index contributed by atoms with van der Waals surface area (Å²) in [6.07, 6.45) is 2.52. The van der Waals surface area contributed by atoms with Crippen LogP contribution in [0.5, 0.6) is 0 Å². The van der Waals surface area contributed by atoms with Gasteiger partial charge in [-0.15, -0.1) is 11.3 Å². The number of likely N-dealkylation sites (tertiary alicyclic amines) is 1. The number of hydrogen-bond acceptors (Lipinski definition) is 6. The summed E-state index contributed by atoms with van der Waals surface area (Å²) in [5.74, 6) is 0.511. The Hall–Kier alpha value is -2.52. The topological polar surface area (TPSA) is 95.6 Å². The van der Waals surface area contributed by atoms with E-state index < -0.39 is 0 Å². The maximum absolute atomic E-state index is 12.8. The first kappa shape index (κ1) is 19.8. The Morgan fingerprint density at radius 2 is 2.24 bits per heavy atom. The van der Waals surface area contributed by atoms with Crippen LogP contribution in [0.1, 0.15) is 52.1 Å². The molecule has 1 N–H and O–H groups in total. The molecule has 0 bridgehead atoms. The predicted molar refractivity (Wildman–Crippen MR) is 108 cm³/mol. The third-order valence-corrected chi connectivity index (χ3v) is 6.37.